The van der Waals surface area contributed by atoms with Crippen LogP contribution in [0.4, 0.5) is 10.3 Å². The second kappa shape index (κ2) is 5.62. The van der Waals surface area contributed by atoms with Crippen LogP contribution in [0.15, 0.2) is 65.4 Å². The minimum absolute atomic E-state index is 0.0775. The molecule has 6 heteroatoms. The molecule has 0 fully saturated rings. The number of aromatic nitrogens is 3. The van der Waals surface area contributed by atoms with Crippen molar-refractivity contribution in [2.75, 3.05) is 5.32 Å². The van der Waals surface area contributed by atoms with Gasteiger partial charge >= 0.3 is 0 Å². The lowest BCUT2D eigenvalue weighted by molar-refractivity contribution is 0.611. The first-order valence-corrected chi connectivity index (χ1v) is 7.90. The molecule has 1 N–H and O–H groups in total. The predicted molar refractivity (Wildman–Crippen MR) is 90.3 cm³/mol. The summed E-state index contributed by atoms with van der Waals surface area (Å²) in [5.41, 5.74) is 2.88. The van der Waals surface area contributed by atoms with Crippen molar-refractivity contribution in [1.82, 2.24) is 14.8 Å². The quantitative estimate of drug-likeness (QED) is 0.733. The Morgan fingerprint density at radius 2 is 1.96 bits per heavy atom. The molecular weight excluding hydrogens is 359 g/mol. The number of nitrogens with one attached hydrogen (secondary N) is 1. The molecule has 0 saturated carbocycles. The van der Waals surface area contributed by atoms with Gasteiger partial charge in [0, 0.05) is 10.2 Å². The average molecular weight is 371 g/mol. The molecule has 23 heavy (non-hydrogen) atoms. The molecule has 0 spiro atoms. The third-order valence-corrected chi connectivity index (χ3v) is 4.25. The smallest absolute Gasteiger partial charge is 0.226 e. The molecule has 0 radical (unpaired) electrons. The maximum Gasteiger partial charge on any atom is 0.226 e. The highest BCUT2D eigenvalue weighted by Crippen LogP contribution is 2.32. The molecule has 1 aliphatic heterocycles. The minimum Gasteiger partial charge on any atom is -0.324 e. The number of benzene rings is 2. The molecule has 0 aliphatic carbocycles. The Morgan fingerprint density at radius 1 is 1.13 bits per heavy atom. The van der Waals surface area contributed by atoms with Crippen LogP contribution in [-0.2, 0) is 0 Å². The van der Waals surface area contributed by atoms with Crippen molar-refractivity contribution in [2.45, 2.75) is 6.04 Å². The van der Waals surface area contributed by atoms with E-state index >= 15 is 0 Å². The zero-order valence-electron chi connectivity index (χ0n) is 11.9. The molecule has 2 aromatic carbocycles. The van der Waals surface area contributed by atoms with Crippen LogP contribution in [0.3, 0.4) is 0 Å². The van der Waals surface area contributed by atoms with Gasteiger partial charge in [0.2, 0.25) is 5.95 Å². The summed E-state index contributed by atoms with van der Waals surface area (Å²) in [5.74, 6) is 0.411. The molecule has 1 aliphatic rings. The van der Waals surface area contributed by atoms with E-state index in [0.717, 1.165) is 21.3 Å². The van der Waals surface area contributed by atoms with Crippen molar-refractivity contribution >= 4 is 27.6 Å². The van der Waals surface area contributed by atoms with E-state index in [1.165, 1.54) is 18.5 Å². The summed E-state index contributed by atoms with van der Waals surface area (Å²) in [6.45, 7) is 0. The van der Waals surface area contributed by atoms with E-state index in [4.69, 9.17) is 0 Å². The second-order valence-corrected chi connectivity index (χ2v) is 6.16. The highest BCUT2D eigenvalue weighted by Gasteiger charge is 2.23. The van der Waals surface area contributed by atoms with Gasteiger partial charge in [0.25, 0.3) is 0 Å². The van der Waals surface area contributed by atoms with E-state index in [-0.39, 0.29) is 11.9 Å². The number of allylic oxidation sites excluding steroid dienone is 1. The Labute approximate surface area is 140 Å². The fraction of sp³-hybridized carbons (Fsp3) is 0.0588. The van der Waals surface area contributed by atoms with Crippen molar-refractivity contribution in [3.05, 3.63) is 82.4 Å². The Hall–Kier alpha value is -2.47. The molecule has 114 valence electrons. The summed E-state index contributed by atoms with van der Waals surface area (Å²) in [5, 5.41) is 7.55. The van der Waals surface area contributed by atoms with Gasteiger partial charge in [-0.25, -0.2) is 9.07 Å². The standard InChI is InChI=1S/C17H12BrFN4/c18-13-3-1-2-12(8-13)16-9-15(11-4-6-14(19)7-5-11)22-17-20-10-21-23(16)17/h1-10,16H,(H,20,21,22). The average Bonchev–Trinajstić information content (AvgIpc) is 3.03. The fourth-order valence-electron chi connectivity index (χ4n) is 2.66. The van der Waals surface area contributed by atoms with Gasteiger partial charge in [-0.15, -0.1) is 0 Å². The largest absolute Gasteiger partial charge is 0.324 e. The molecule has 3 aromatic rings. The molecule has 1 unspecified atom stereocenters. The van der Waals surface area contributed by atoms with Crippen LogP contribution in [0.25, 0.3) is 5.70 Å². The number of hydrogen-bond donors (Lipinski definition) is 1. The van der Waals surface area contributed by atoms with Crippen LogP contribution in [0, 0.1) is 5.82 Å². The number of nitrogens with zero attached hydrogens (tertiary/aromatic N) is 3. The minimum atomic E-state index is -0.253. The maximum absolute atomic E-state index is 13.2. The van der Waals surface area contributed by atoms with Crippen LogP contribution >= 0.6 is 15.9 Å². The molecule has 1 atom stereocenters. The van der Waals surface area contributed by atoms with Crippen LogP contribution in [-0.4, -0.2) is 14.8 Å². The predicted octanol–water partition coefficient (Wildman–Crippen LogP) is 4.24. The van der Waals surface area contributed by atoms with Gasteiger partial charge < -0.3 is 5.32 Å². The molecule has 0 bridgehead atoms. The fourth-order valence-corrected chi connectivity index (χ4v) is 3.08. The Kier molecular flexibility index (Phi) is 3.46. The van der Waals surface area contributed by atoms with Crippen LogP contribution in [0.5, 0.6) is 0 Å². The lowest BCUT2D eigenvalue weighted by Gasteiger charge is -2.24. The van der Waals surface area contributed by atoms with Gasteiger partial charge in [-0.3, -0.25) is 0 Å². The summed E-state index contributed by atoms with van der Waals surface area (Å²) in [6.07, 6.45) is 3.59. The van der Waals surface area contributed by atoms with E-state index in [2.05, 4.69) is 43.5 Å². The van der Waals surface area contributed by atoms with Gasteiger partial charge in [0.15, 0.2) is 0 Å². The third-order valence-electron chi connectivity index (χ3n) is 3.75. The zero-order chi connectivity index (χ0) is 15.8. The molecule has 4 rings (SSSR count). The zero-order valence-corrected chi connectivity index (χ0v) is 13.5. The first-order valence-electron chi connectivity index (χ1n) is 7.10. The first-order chi connectivity index (χ1) is 11.2. The number of anilines is 1. The normalized spacial score (nSPS) is 16.4. The van der Waals surface area contributed by atoms with Gasteiger partial charge in [0.1, 0.15) is 18.2 Å². The molecule has 4 nitrogen and oxygen atoms in total. The summed E-state index contributed by atoms with van der Waals surface area (Å²) < 4.78 is 16.0. The maximum atomic E-state index is 13.2. The molecular formula is C17H12BrFN4. The van der Waals surface area contributed by atoms with E-state index in [9.17, 15) is 4.39 Å². The van der Waals surface area contributed by atoms with Gasteiger partial charge in [-0.05, 0) is 53.6 Å². The van der Waals surface area contributed by atoms with Crippen molar-refractivity contribution in [2.24, 2.45) is 0 Å². The van der Waals surface area contributed by atoms with Crippen molar-refractivity contribution in [3.63, 3.8) is 0 Å². The van der Waals surface area contributed by atoms with E-state index in [1.54, 1.807) is 12.1 Å². The van der Waals surface area contributed by atoms with Crippen molar-refractivity contribution < 1.29 is 4.39 Å². The number of hydrogen-bond acceptors (Lipinski definition) is 3. The number of rotatable bonds is 2. The Morgan fingerprint density at radius 3 is 2.74 bits per heavy atom. The molecule has 2 heterocycles. The van der Waals surface area contributed by atoms with E-state index in [1.807, 2.05) is 22.9 Å². The second-order valence-electron chi connectivity index (χ2n) is 5.24. The summed E-state index contributed by atoms with van der Waals surface area (Å²) in [4.78, 5) is 4.26. The summed E-state index contributed by atoms with van der Waals surface area (Å²) in [6, 6.07) is 14.4. The van der Waals surface area contributed by atoms with Crippen molar-refractivity contribution in [1.29, 1.82) is 0 Å². The number of fused-ring (bicyclic) bond motifs is 1. The Bertz CT molecular complexity index is 886. The SMILES string of the molecule is Fc1ccc(C2=CC(c3cccc(Br)c3)n3ncnc3N2)cc1. The molecule has 0 saturated heterocycles. The monoisotopic (exact) mass is 370 g/mol. The Balaban J connectivity index is 1.81. The van der Waals surface area contributed by atoms with Gasteiger partial charge in [0.05, 0.1) is 0 Å². The van der Waals surface area contributed by atoms with E-state index in [0.29, 0.717) is 5.95 Å². The van der Waals surface area contributed by atoms with Gasteiger partial charge in [-0.1, -0.05) is 28.1 Å². The van der Waals surface area contributed by atoms with Crippen LogP contribution < -0.4 is 5.32 Å². The third kappa shape index (κ3) is 2.66. The highest BCUT2D eigenvalue weighted by atomic mass is 79.9. The van der Waals surface area contributed by atoms with Crippen LogP contribution in [0.2, 0.25) is 0 Å². The number of halogens is 2. The van der Waals surface area contributed by atoms with Crippen LogP contribution in [0.1, 0.15) is 17.2 Å². The summed E-state index contributed by atoms with van der Waals surface area (Å²) in [7, 11) is 0. The molecule has 1 aromatic heterocycles. The first kappa shape index (κ1) is 14.1. The molecule has 0 amide bonds. The van der Waals surface area contributed by atoms with Gasteiger partial charge in [-0.2, -0.15) is 10.1 Å². The summed E-state index contributed by atoms with van der Waals surface area (Å²) >= 11 is 3.50. The van der Waals surface area contributed by atoms with Crippen molar-refractivity contribution in [3.8, 4) is 0 Å². The topological polar surface area (TPSA) is 42.7 Å². The van der Waals surface area contributed by atoms with E-state index < -0.39 is 0 Å². The highest BCUT2D eigenvalue weighted by molar-refractivity contribution is 9.10. The lowest BCUT2D eigenvalue weighted by Crippen LogP contribution is -2.20. The lowest BCUT2D eigenvalue weighted by atomic mass is 10.0.